The van der Waals surface area contributed by atoms with Gasteiger partial charge in [0.1, 0.15) is 11.6 Å². The van der Waals surface area contributed by atoms with Crippen molar-refractivity contribution in [1.82, 2.24) is 0 Å². The van der Waals surface area contributed by atoms with Crippen LogP contribution in [-0.2, 0) is 6.54 Å². The summed E-state index contributed by atoms with van der Waals surface area (Å²) in [6.45, 7) is 2.17. The molecule has 0 fully saturated rings. The van der Waals surface area contributed by atoms with Crippen molar-refractivity contribution in [3.8, 4) is 16.9 Å². The van der Waals surface area contributed by atoms with Gasteiger partial charge in [-0.2, -0.15) is 0 Å². The quantitative estimate of drug-likeness (QED) is 0.900. The molecule has 2 rings (SSSR count). The van der Waals surface area contributed by atoms with E-state index in [1.807, 2.05) is 24.3 Å². The van der Waals surface area contributed by atoms with E-state index in [1.165, 1.54) is 6.07 Å². The summed E-state index contributed by atoms with van der Waals surface area (Å²) in [7, 11) is 1.61. The number of ether oxygens (including phenoxy) is 1. The lowest BCUT2D eigenvalue weighted by Gasteiger charge is -2.11. The predicted octanol–water partition coefficient (Wildman–Crippen LogP) is 3.27. The molecule has 0 unspecified atom stereocenters. The van der Waals surface area contributed by atoms with Crippen LogP contribution >= 0.6 is 0 Å². The molecule has 0 radical (unpaired) electrons. The van der Waals surface area contributed by atoms with Crippen LogP contribution in [0.5, 0.6) is 5.75 Å². The van der Waals surface area contributed by atoms with E-state index in [1.54, 1.807) is 20.1 Å². The number of hydrogen-bond donors (Lipinski definition) is 1. The molecule has 0 bridgehead atoms. The fourth-order valence-electron chi connectivity index (χ4n) is 2.03. The molecule has 0 heterocycles. The molecule has 0 amide bonds. The van der Waals surface area contributed by atoms with Crippen molar-refractivity contribution in [1.29, 1.82) is 0 Å². The van der Waals surface area contributed by atoms with Crippen LogP contribution in [0.15, 0.2) is 36.4 Å². The number of nitrogens with two attached hydrogens (primary N) is 1. The molecule has 0 aromatic heterocycles. The van der Waals surface area contributed by atoms with Crippen molar-refractivity contribution in [3.05, 3.63) is 53.3 Å². The molecule has 2 N–H and O–H groups in total. The van der Waals surface area contributed by atoms with Crippen LogP contribution in [0.4, 0.5) is 4.39 Å². The maximum atomic E-state index is 13.5. The van der Waals surface area contributed by atoms with Crippen molar-refractivity contribution in [2.45, 2.75) is 13.5 Å². The van der Waals surface area contributed by atoms with Crippen LogP contribution in [0.3, 0.4) is 0 Å². The molecule has 0 aliphatic rings. The van der Waals surface area contributed by atoms with E-state index in [9.17, 15) is 4.39 Å². The molecule has 94 valence electrons. The standard InChI is InChI=1S/C15H16FNO/c1-10-13(4-3-5-14(10)16)11-6-7-15(18-2)12(8-11)9-17/h3-8H,9,17H2,1-2H3. The molecule has 18 heavy (non-hydrogen) atoms. The first-order valence-corrected chi connectivity index (χ1v) is 5.80. The van der Waals surface area contributed by atoms with Gasteiger partial charge in [-0.1, -0.05) is 18.2 Å². The van der Waals surface area contributed by atoms with Crippen molar-refractivity contribution in [3.63, 3.8) is 0 Å². The highest BCUT2D eigenvalue weighted by molar-refractivity contribution is 5.69. The third kappa shape index (κ3) is 2.22. The maximum absolute atomic E-state index is 13.5. The van der Waals surface area contributed by atoms with Crippen molar-refractivity contribution < 1.29 is 9.13 Å². The molecular formula is C15H16FNO. The minimum Gasteiger partial charge on any atom is -0.496 e. The average molecular weight is 245 g/mol. The molecule has 0 aliphatic carbocycles. The molecule has 0 aliphatic heterocycles. The van der Waals surface area contributed by atoms with Crippen LogP contribution in [0.2, 0.25) is 0 Å². The van der Waals surface area contributed by atoms with Gasteiger partial charge in [-0.15, -0.1) is 0 Å². The number of hydrogen-bond acceptors (Lipinski definition) is 2. The van der Waals surface area contributed by atoms with Crippen molar-refractivity contribution >= 4 is 0 Å². The fourth-order valence-corrected chi connectivity index (χ4v) is 2.03. The second-order valence-electron chi connectivity index (χ2n) is 4.14. The zero-order valence-corrected chi connectivity index (χ0v) is 10.5. The summed E-state index contributed by atoms with van der Waals surface area (Å²) >= 11 is 0. The van der Waals surface area contributed by atoms with E-state index < -0.39 is 0 Å². The number of benzene rings is 2. The second kappa shape index (κ2) is 5.19. The van der Waals surface area contributed by atoms with Crippen LogP contribution in [0.25, 0.3) is 11.1 Å². The predicted molar refractivity (Wildman–Crippen MR) is 71.0 cm³/mol. The Balaban J connectivity index is 2.54. The van der Waals surface area contributed by atoms with Gasteiger partial charge in [-0.25, -0.2) is 4.39 Å². The van der Waals surface area contributed by atoms with Crippen LogP contribution in [0.1, 0.15) is 11.1 Å². The van der Waals surface area contributed by atoms with E-state index >= 15 is 0 Å². The first-order valence-electron chi connectivity index (χ1n) is 5.80. The van der Waals surface area contributed by atoms with Gasteiger partial charge in [-0.3, -0.25) is 0 Å². The zero-order valence-electron chi connectivity index (χ0n) is 10.5. The highest BCUT2D eigenvalue weighted by Gasteiger charge is 2.08. The van der Waals surface area contributed by atoms with Gasteiger partial charge >= 0.3 is 0 Å². The lowest BCUT2D eigenvalue weighted by atomic mass is 9.98. The van der Waals surface area contributed by atoms with Gasteiger partial charge in [0.15, 0.2) is 0 Å². The van der Waals surface area contributed by atoms with E-state index in [4.69, 9.17) is 10.5 Å². The summed E-state index contributed by atoms with van der Waals surface area (Å²) in [6, 6.07) is 10.8. The molecule has 2 aromatic rings. The second-order valence-corrected chi connectivity index (χ2v) is 4.14. The summed E-state index contributed by atoms with van der Waals surface area (Å²) in [4.78, 5) is 0. The minimum absolute atomic E-state index is 0.197. The first-order chi connectivity index (χ1) is 8.67. The number of methoxy groups -OCH3 is 1. The summed E-state index contributed by atoms with van der Waals surface area (Å²) in [5.74, 6) is 0.563. The van der Waals surface area contributed by atoms with Gasteiger partial charge < -0.3 is 10.5 Å². The highest BCUT2D eigenvalue weighted by Crippen LogP contribution is 2.29. The molecule has 0 spiro atoms. The van der Waals surface area contributed by atoms with Gasteiger partial charge in [-0.05, 0) is 41.8 Å². The Morgan fingerprint density at radius 3 is 2.67 bits per heavy atom. The number of rotatable bonds is 3. The minimum atomic E-state index is -0.197. The maximum Gasteiger partial charge on any atom is 0.126 e. The van der Waals surface area contributed by atoms with E-state index in [0.717, 1.165) is 22.4 Å². The summed E-state index contributed by atoms with van der Waals surface area (Å²) < 4.78 is 18.8. The lowest BCUT2D eigenvalue weighted by Crippen LogP contribution is -2.00. The third-order valence-electron chi connectivity index (χ3n) is 3.08. The number of halogens is 1. The molecule has 0 atom stereocenters. The molecule has 2 nitrogen and oxygen atoms in total. The Labute approximate surface area is 106 Å². The molecule has 0 saturated carbocycles. The lowest BCUT2D eigenvalue weighted by molar-refractivity contribution is 0.410. The Hall–Kier alpha value is -1.87. The Morgan fingerprint density at radius 2 is 2.00 bits per heavy atom. The van der Waals surface area contributed by atoms with Gasteiger partial charge in [0.05, 0.1) is 7.11 Å². The third-order valence-corrected chi connectivity index (χ3v) is 3.08. The van der Waals surface area contributed by atoms with Gasteiger partial charge in [0.2, 0.25) is 0 Å². The average Bonchev–Trinajstić information content (AvgIpc) is 2.41. The van der Waals surface area contributed by atoms with Crippen LogP contribution in [0, 0.1) is 12.7 Å². The van der Waals surface area contributed by atoms with Gasteiger partial charge in [0, 0.05) is 12.1 Å². The SMILES string of the molecule is COc1ccc(-c2cccc(F)c2C)cc1CN. The first kappa shape index (κ1) is 12.6. The zero-order chi connectivity index (χ0) is 13.1. The van der Waals surface area contributed by atoms with Crippen LogP contribution < -0.4 is 10.5 Å². The Morgan fingerprint density at radius 1 is 1.22 bits per heavy atom. The van der Waals surface area contributed by atoms with Crippen molar-refractivity contribution in [2.75, 3.05) is 7.11 Å². The molecule has 2 aromatic carbocycles. The summed E-state index contributed by atoms with van der Waals surface area (Å²) in [5.41, 5.74) is 9.08. The molecule has 0 saturated heterocycles. The normalized spacial score (nSPS) is 10.4. The molecular weight excluding hydrogens is 229 g/mol. The summed E-state index contributed by atoms with van der Waals surface area (Å²) in [6.07, 6.45) is 0. The van der Waals surface area contributed by atoms with E-state index in [0.29, 0.717) is 12.1 Å². The Bertz CT molecular complexity index is 566. The largest absolute Gasteiger partial charge is 0.496 e. The smallest absolute Gasteiger partial charge is 0.126 e. The fraction of sp³-hybridized carbons (Fsp3) is 0.200. The van der Waals surface area contributed by atoms with Crippen LogP contribution in [-0.4, -0.2) is 7.11 Å². The highest BCUT2D eigenvalue weighted by atomic mass is 19.1. The topological polar surface area (TPSA) is 35.2 Å². The Kier molecular flexibility index (Phi) is 3.63. The monoisotopic (exact) mass is 245 g/mol. The molecule has 3 heteroatoms. The van der Waals surface area contributed by atoms with Gasteiger partial charge in [0.25, 0.3) is 0 Å². The summed E-state index contributed by atoms with van der Waals surface area (Å²) in [5, 5.41) is 0. The van der Waals surface area contributed by atoms with Crippen molar-refractivity contribution in [2.24, 2.45) is 5.73 Å². The van der Waals surface area contributed by atoms with E-state index in [2.05, 4.69) is 0 Å². The van der Waals surface area contributed by atoms with E-state index in [-0.39, 0.29) is 5.82 Å².